The summed E-state index contributed by atoms with van der Waals surface area (Å²) in [6.07, 6.45) is 5.29. The van der Waals surface area contributed by atoms with E-state index in [0.717, 1.165) is 31.9 Å². The quantitative estimate of drug-likeness (QED) is 0.892. The third kappa shape index (κ3) is 5.91. The molecule has 0 saturated carbocycles. The van der Waals surface area contributed by atoms with Crippen molar-refractivity contribution in [2.24, 2.45) is 0 Å². The smallest absolute Gasteiger partial charge is 0.224 e. The second kappa shape index (κ2) is 7.88. The summed E-state index contributed by atoms with van der Waals surface area (Å²) in [5.74, 6) is -0.469. The zero-order chi connectivity index (χ0) is 16.9. The number of likely N-dealkylation sites (tertiary alicyclic amines) is 1. The first-order valence-electron chi connectivity index (χ1n) is 7.86. The van der Waals surface area contributed by atoms with Gasteiger partial charge in [0, 0.05) is 19.5 Å². The van der Waals surface area contributed by atoms with Gasteiger partial charge in [-0.15, -0.1) is 0 Å². The molecule has 1 saturated heterocycles. The van der Waals surface area contributed by atoms with Gasteiger partial charge in [-0.05, 0) is 30.5 Å². The summed E-state index contributed by atoms with van der Waals surface area (Å²) in [6, 6.07) is 4.87. The number of nitrogens with one attached hydrogen (secondary N) is 1. The summed E-state index contributed by atoms with van der Waals surface area (Å²) in [7, 11) is -3.48. The Labute approximate surface area is 136 Å². The lowest BCUT2D eigenvalue weighted by Gasteiger charge is -2.24. The van der Waals surface area contributed by atoms with Crippen LogP contribution in [0.25, 0.3) is 0 Å². The summed E-state index contributed by atoms with van der Waals surface area (Å²) in [5.41, 5.74) is 0.583. The normalized spacial score (nSPS) is 17.6. The van der Waals surface area contributed by atoms with Gasteiger partial charge >= 0.3 is 0 Å². The fourth-order valence-electron chi connectivity index (χ4n) is 2.80. The van der Waals surface area contributed by atoms with Gasteiger partial charge in [0.25, 0.3) is 0 Å². The average Bonchev–Trinajstić information content (AvgIpc) is 2.75. The molecule has 1 aromatic carbocycles. The Morgan fingerprint density at radius 3 is 2.26 bits per heavy atom. The number of hydrogen-bond acceptors (Lipinski definition) is 3. The number of halogens is 1. The maximum Gasteiger partial charge on any atom is 0.224 e. The Morgan fingerprint density at radius 2 is 1.74 bits per heavy atom. The Kier molecular flexibility index (Phi) is 6.12. The second-order valence-electron chi connectivity index (χ2n) is 5.99. The number of amides is 1. The number of carbonyl (C=O) groups is 1. The van der Waals surface area contributed by atoms with E-state index in [2.05, 4.69) is 4.72 Å². The van der Waals surface area contributed by atoms with Crippen LogP contribution < -0.4 is 4.72 Å². The van der Waals surface area contributed by atoms with Crippen LogP contribution in [0.1, 0.15) is 43.7 Å². The molecule has 5 nitrogen and oxygen atoms in total. The summed E-state index contributed by atoms with van der Waals surface area (Å²) >= 11 is 0. The molecule has 0 bridgehead atoms. The molecule has 0 aromatic heterocycles. The van der Waals surface area contributed by atoms with Gasteiger partial charge in [-0.1, -0.05) is 25.0 Å². The van der Waals surface area contributed by atoms with Crippen molar-refractivity contribution in [2.75, 3.05) is 19.3 Å². The van der Waals surface area contributed by atoms with Crippen molar-refractivity contribution in [3.63, 3.8) is 0 Å². The number of hydrogen-bond donors (Lipinski definition) is 1. The van der Waals surface area contributed by atoms with Gasteiger partial charge in [-0.2, -0.15) is 0 Å². The number of nitrogens with zero attached hydrogens (tertiary/aromatic N) is 1. The Bertz CT molecular complexity index is 623. The second-order valence-corrected chi connectivity index (χ2v) is 7.77. The molecule has 23 heavy (non-hydrogen) atoms. The summed E-state index contributed by atoms with van der Waals surface area (Å²) in [4.78, 5) is 14.3. The molecule has 0 aliphatic carbocycles. The summed E-state index contributed by atoms with van der Waals surface area (Å²) < 4.78 is 38.7. The maximum atomic E-state index is 13.1. The van der Waals surface area contributed by atoms with E-state index < -0.39 is 21.9 Å². The molecule has 0 spiro atoms. The van der Waals surface area contributed by atoms with Crippen molar-refractivity contribution in [3.05, 3.63) is 35.6 Å². The van der Waals surface area contributed by atoms with E-state index in [1.54, 1.807) is 4.90 Å². The van der Waals surface area contributed by atoms with Crippen LogP contribution in [-0.2, 0) is 14.8 Å². The van der Waals surface area contributed by atoms with E-state index in [-0.39, 0.29) is 12.3 Å². The molecule has 1 atom stereocenters. The van der Waals surface area contributed by atoms with Gasteiger partial charge < -0.3 is 4.90 Å². The van der Waals surface area contributed by atoms with Crippen molar-refractivity contribution in [2.45, 2.75) is 38.1 Å². The molecule has 0 radical (unpaired) electrons. The Morgan fingerprint density at radius 1 is 1.17 bits per heavy atom. The van der Waals surface area contributed by atoms with E-state index in [1.807, 2.05) is 0 Å². The maximum absolute atomic E-state index is 13.1. The third-order valence-corrected chi connectivity index (χ3v) is 4.68. The highest BCUT2D eigenvalue weighted by Crippen LogP contribution is 2.21. The van der Waals surface area contributed by atoms with Crippen LogP contribution in [0, 0.1) is 5.82 Å². The zero-order valence-electron chi connectivity index (χ0n) is 13.3. The van der Waals surface area contributed by atoms with E-state index in [0.29, 0.717) is 18.7 Å². The van der Waals surface area contributed by atoms with Gasteiger partial charge in [-0.25, -0.2) is 17.5 Å². The zero-order valence-corrected chi connectivity index (χ0v) is 14.1. The van der Waals surface area contributed by atoms with Crippen LogP contribution in [0.3, 0.4) is 0 Å². The monoisotopic (exact) mass is 342 g/mol. The lowest BCUT2D eigenvalue weighted by Crippen LogP contribution is -2.36. The highest BCUT2D eigenvalue weighted by Gasteiger charge is 2.23. The van der Waals surface area contributed by atoms with Crippen molar-refractivity contribution in [1.29, 1.82) is 0 Å². The Hall–Kier alpha value is -1.47. The molecular weight excluding hydrogens is 319 g/mol. The SMILES string of the molecule is CS(=O)(=O)NC(CC(=O)N1CCCCCC1)c1ccc(F)cc1. The molecular formula is C16H23FN2O3S. The molecule has 1 unspecified atom stereocenters. The average molecular weight is 342 g/mol. The molecule has 7 heteroatoms. The van der Waals surface area contributed by atoms with Crippen LogP contribution in [-0.4, -0.2) is 38.6 Å². The molecule has 128 valence electrons. The molecule has 2 rings (SSSR count). The topological polar surface area (TPSA) is 66.5 Å². The van der Waals surface area contributed by atoms with E-state index in [9.17, 15) is 17.6 Å². The predicted molar refractivity (Wildman–Crippen MR) is 86.8 cm³/mol. The van der Waals surface area contributed by atoms with Crippen LogP contribution in [0.2, 0.25) is 0 Å². The molecule has 1 N–H and O–H groups in total. The standard InChI is InChI=1S/C16H23FN2O3S/c1-23(21,22)18-15(13-6-8-14(17)9-7-13)12-16(20)19-10-4-2-3-5-11-19/h6-9,15,18H,2-5,10-12H2,1H3. The fraction of sp³-hybridized carbons (Fsp3) is 0.562. The molecule has 1 aromatic rings. The minimum atomic E-state index is -3.48. The van der Waals surface area contributed by atoms with Crippen LogP contribution in [0.5, 0.6) is 0 Å². The van der Waals surface area contributed by atoms with Gasteiger partial charge in [0.05, 0.1) is 12.3 Å². The minimum Gasteiger partial charge on any atom is -0.343 e. The summed E-state index contributed by atoms with van der Waals surface area (Å²) in [5, 5.41) is 0. The first-order valence-corrected chi connectivity index (χ1v) is 9.75. The van der Waals surface area contributed by atoms with Crippen molar-refractivity contribution in [3.8, 4) is 0 Å². The van der Waals surface area contributed by atoms with E-state index >= 15 is 0 Å². The number of rotatable bonds is 5. The van der Waals surface area contributed by atoms with Crippen LogP contribution >= 0.6 is 0 Å². The number of benzene rings is 1. The fourth-order valence-corrected chi connectivity index (χ4v) is 3.54. The molecule has 1 heterocycles. The first-order chi connectivity index (χ1) is 10.8. The van der Waals surface area contributed by atoms with Gasteiger partial charge in [0.15, 0.2) is 0 Å². The van der Waals surface area contributed by atoms with Crippen molar-refractivity contribution < 1.29 is 17.6 Å². The molecule has 1 amide bonds. The minimum absolute atomic E-state index is 0.0404. The van der Waals surface area contributed by atoms with Gasteiger partial charge in [-0.3, -0.25) is 4.79 Å². The lowest BCUT2D eigenvalue weighted by atomic mass is 10.0. The number of sulfonamides is 1. The number of carbonyl (C=O) groups excluding carboxylic acids is 1. The van der Waals surface area contributed by atoms with Crippen molar-refractivity contribution in [1.82, 2.24) is 9.62 Å². The predicted octanol–water partition coefficient (Wildman–Crippen LogP) is 2.21. The van der Waals surface area contributed by atoms with E-state index in [4.69, 9.17) is 0 Å². The highest BCUT2D eigenvalue weighted by atomic mass is 32.2. The van der Waals surface area contributed by atoms with Crippen LogP contribution in [0.4, 0.5) is 4.39 Å². The highest BCUT2D eigenvalue weighted by molar-refractivity contribution is 7.88. The van der Waals surface area contributed by atoms with Gasteiger partial charge in [0.2, 0.25) is 15.9 Å². The molecule has 1 fully saturated rings. The van der Waals surface area contributed by atoms with Gasteiger partial charge in [0.1, 0.15) is 5.82 Å². The molecule has 1 aliphatic heterocycles. The van der Waals surface area contributed by atoms with Crippen molar-refractivity contribution >= 4 is 15.9 Å². The van der Waals surface area contributed by atoms with Crippen LogP contribution in [0.15, 0.2) is 24.3 Å². The summed E-state index contributed by atoms with van der Waals surface area (Å²) in [6.45, 7) is 1.43. The Balaban J connectivity index is 2.13. The third-order valence-electron chi connectivity index (χ3n) is 3.97. The van der Waals surface area contributed by atoms with E-state index in [1.165, 1.54) is 24.3 Å². The largest absolute Gasteiger partial charge is 0.343 e. The molecule has 1 aliphatic rings. The lowest BCUT2D eigenvalue weighted by molar-refractivity contribution is -0.131. The first kappa shape index (κ1) is 17.9.